The minimum absolute atomic E-state index is 0.261. The van der Waals surface area contributed by atoms with Crippen LogP contribution in [-0.4, -0.2) is 60.4 Å². The summed E-state index contributed by atoms with van der Waals surface area (Å²) in [6, 6.07) is 4.87. The first-order valence-electron chi connectivity index (χ1n) is 7.74. The summed E-state index contributed by atoms with van der Waals surface area (Å²) >= 11 is 0. The van der Waals surface area contributed by atoms with Gasteiger partial charge in [-0.1, -0.05) is 19.9 Å². The van der Waals surface area contributed by atoms with Crippen molar-refractivity contribution in [3.63, 3.8) is 0 Å². The molecule has 2 rings (SSSR count). The zero-order chi connectivity index (χ0) is 15.4. The molecule has 1 aromatic heterocycles. The molecule has 2 atom stereocenters. The largest absolute Gasteiger partial charge is 0.391 e. The van der Waals surface area contributed by atoms with Crippen LogP contribution >= 0.6 is 0 Å². The second kappa shape index (κ2) is 7.20. The molecule has 1 aliphatic heterocycles. The van der Waals surface area contributed by atoms with E-state index >= 15 is 0 Å². The van der Waals surface area contributed by atoms with Gasteiger partial charge in [-0.25, -0.2) is 4.98 Å². The Labute approximate surface area is 128 Å². The number of aromatic nitrogens is 1. The van der Waals surface area contributed by atoms with E-state index in [9.17, 15) is 5.11 Å². The first kappa shape index (κ1) is 16.2. The second-order valence-corrected chi connectivity index (χ2v) is 6.48. The lowest BCUT2D eigenvalue weighted by Gasteiger charge is -2.29. The fourth-order valence-electron chi connectivity index (χ4n) is 2.89. The molecule has 0 radical (unpaired) electrons. The molecule has 0 bridgehead atoms. The summed E-state index contributed by atoms with van der Waals surface area (Å²) in [5, 5.41) is 13.5. The zero-order valence-corrected chi connectivity index (χ0v) is 13.6. The van der Waals surface area contributed by atoms with E-state index in [4.69, 9.17) is 0 Å². The van der Waals surface area contributed by atoms with E-state index in [0.717, 1.165) is 25.3 Å². The highest BCUT2D eigenvalue weighted by Gasteiger charge is 2.33. The third-order valence-corrected chi connectivity index (χ3v) is 3.81. The molecule has 0 aromatic carbocycles. The first-order chi connectivity index (χ1) is 9.97. The van der Waals surface area contributed by atoms with Gasteiger partial charge in [-0.15, -0.1) is 0 Å². The van der Waals surface area contributed by atoms with Crippen molar-refractivity contribution in [1.29, 1.82) is 0 Å². The summed E-state index contributed by atoms with van der Waals surface area (Å²) in [7, 11) is 4.14. The van der Waals surface area contributed by atoms with E-state index < -0.39 is 0 Å². The van der Waals surface area contributed by atoms with Gasteiger partial charge in [0.05, 0.1) is 6.10 Å². The first-order valence-corrected chi connectivity index (χ1v) is 7.74. The Morgan fingerprint density at radius 2 is 2.24 bits per heavy atom. The summed E-state index contributed by atoms with van der Waals surface area (Å²) in [6.45, 7) is 6.70. The maximum atomic E-state index is 10.0. The highest BCUT2D eigenvalue weighted by atomic mass is 16.3. The highest BCUT2D eigenvalue weighted by molar-refractivity contribution is 5.49. The number of hydrogen-bond acceptors (Lipinski definition) is 5. The van der Waals surface area contributed by atoms with Gasteiger partial charge in [0.2, 0.25) is 0 Å². The Kier molecular flexibility index (Phi) is 5.56. The van der Waals surface area contributed by atoms with Crippen molar-refractivity contribution in [2.75, 3.05) is 32.1 Å². The van der Waals surface area contributed by atoms with Gasteiger partial charge in [-0.2, -0.15) is 0 Å². The van der Waals surface area contributed by atoms with Crippen molar-refractivity contribution in [2.24, 2.45) is 0 Å². The van der Waals surface area contributed by atoms with Gasteiger partial charge in [0, 0.05) is 43.5 Å². The topological polar surface area (TPSA) is 51.6 Å². The lowest BCUT2D eigenvalue weighted by Crippen LogP contribution is -2.39. The van der Waals surface area contributed by atoms with Gasteiger partial charge >= 0.3 is 0 Å². The number of pyridine rings is 1. The number of rotatable bonds is 6. The standard InChI is InChI=1S/C16H28N4O/c1-12(2)18-9-13-6-5-7-17-16(13)20-11-15(21)8-14(20)10-19(3)4/h5-7,12,14-15,18,21H,8-11H2,1-4H3. The van der Waals surface area contributed by atoms with Gasteiger partial charge in [0.1, 0.15) is 5.82 Å². The van der Waals surface area contributed by atoms with E-state index in [0.29, 0.717) is 18.6 Å². The van der Waals surface area contributed by atoms with Crippen molar-refractivity contribution in [3.8, 4) is 0 Å². The van der Waals surface area contributed by atoms with Crippen molar-refractivity contribution in [3.05, 3.63) is 23.9 Å². The number of nitrogens with one attached hydrogen (secondary N) is 1. The molecule has 2 unspecified atom stereocenters. The lowest BCUT2D eigenvalue weighted by molar-refractivity contribution is 0.191. The fourth-order valence-corrected chi connectivity index (χ4v) is 2.89. The zero-order valence-electron chi connectivity index (χ0n) is 13.6. The minimum atomic E-state index is -0.261. The van der Waals surface area contributed by atoms with Crippen LogP contribution in [0, 0.1) is 0 Å². The average Bonchev–Trinajstić information content (AvgIpc) is 2.76. The molecule has 5 nitrogen and oxygen atoms in total. The van der Waals surface area contributed by atoms with E-state index in [1.165, 1.54) is 5.56 Å². The predicted octanol–water partition coefficient (Wildman–Crippen LogP) is 1.08. The highest BCUT2D eigenvalue weighted by Crippen LogP contribution is 2.27. The molecule has 1 saturated heterocycles. The SMILES string of the molecule is CC(C)NCc1cccnc1N1CC(O)CC1CN(C)C. The van der Waals surface area contributed by atoms with Gasteiger partial charge in [0.25, 0.3) is 0 Å². The van der Waals surface area contributed by atoms with Crippen LogP contribution in [-0.2, 0) is 6.54 Å². The molecule has 0 amide bonds. The molecule has 0 spiro atoms. The Hall–Kier alpha value is -1.17. The van der Waals surface area contributed by atoms with E-state index in [2.05, 4.69) is 54.1 Å². The van der Waals surface area contributed by atoms with Gasteiger partial charge in [-0.3, -0.25) is 0 Å². The monoisotopic (exact) mass is 292 g/mol. The molecule has 21 heavy (non-hydrogen) atoms. The summed E-state index contributed by atoms with van der Waals surface area (Å²) < 4.78 is 0. The molecule has 2 N–H and O–H groups in total. The van der Waals surface area contributed by atoms with E-state index in [1.54, 1.807) is 0 Å². The Bertz CT molecular complexity index is 450. The Balaban J connectivity index is 2.18. The van der Waals surface area contributed by atoms with Crippen molar-refractivity contribution < 1.29 is 5.11 Å². The summed E-state index contributed by atoms with van der Waals surface area (Å²) in [5.41, 5.74) is 1.20. The number of nitrogens with zero attached hydrogens (tertiary/aromatic N) is 3. The van der Waals surface area contributed by atoms with Gasteiger partial charge in [0.15, 0.2) is 0 Å². The van der Waals surface area contributed by atoms with Crippen LogP contribution in [0.15, 0.2) is 18.3 Å². The molecule has 1 aromatic rings. The molecular weight excluding hydrogens is 264 g/mol. The summed E-state index contributed by atoms with van der Waals surface area (Å²) in [4.78, 5) is 9.02. The number of aliphatic hydroxyl groups is 1. The molecule has 2 heterocycles. The molecule has 5 heteroatoms. The van der Waals surface area contributed by atoms with Crippen molar-refractivity contribution >= 4 is 5.82 Å². The predicted molar refractivity (Wildman–Crippen MR) is 86.5 cm³/mol. The summed E-state index contributed by atoms with van der Waals surface area (Å²) in [6.07, 6.45) is 2.39. The van der Waals surface area contributed by atoms with Crippen LogP contribution < -0.4 is 10.2 Å². The molecule has 0 saturated carbocycles. The van der Waals surface area contributed by atoms with Gasteiger partial charge < -0.3 is 20.2 Å². The minimum Gasteiger partial charge on any atom is -0.391 e. The number of aliphatic hydroxyl groups excluding tert-OH is 1. The number of anilines is 1. The van der Waals surface area contributed by atoms with Crippen LogP contribution in [0.4, 0.5) is 5.82 Å². The maximum absolute atomic E-state index is 10.0. The quantitative estimate of drug-likeness (QED) is 0.822. The molecule has 0 aliphatic carbocycles. The third kappa shape index (κ3) is 4.40. The lowest BCUT2D eigenvalue weighted by atomic mass is 10.1. The van der Waals surface area contributed by atoms with Crippen molar-refractivity contribution in [2.45, 2.75) is 45.0 Å². The van der Waals surface area contributed by atoms with Crippen LogP contribution in [0.5, 0.6) is 0 Å². The van der Waals surface area contributed by atoms with Gasteiger partial charge in [-0.05, 0) is 26.6 Å². The maximum Gasteiger partial charge on any atom is 0.133 e. The number of β-amino-alcohol motifs (C(OH)–C–C–N with tert-alkyl or cyclic N) is 1. The van der Waals surface area contributed by atoms with Crippen molar-refractivity contribution in [1.82, 2.24) is 15.2 Å². The number of hydrogen-bond donors (Lipinski definition) is 2. The second-order valence-electron chi connectivity index (χ2n) is 6.48. The van der Waals surface area contributed by atoms with E-state index in [1.807, 2.05) is 12.3 Å². The van der Waals surface area contributed by atoms with E-state index in [-0.39, 0.29) is 6.10 Å². The molecular formula is C16H28N4O. The molecule has 1 aliphatic rings. The average molecular weight is 292 g/mol. The molecule has 1 fully saturated rings. The number of likely N-dealkylation sites (N-methyl/N-ethyl adjacent to an activating group) is 1. The fraction of sp³-hybridized carbons (Fsp3) is 0.688. The molecule has 118 valence electrons. The Morgan fingerprint density at radius 1 is 1.48 bits per heavy atom. The summed E-state index contributed by atoms with van der Waals surface area (Å²) in [5.74, 6) is 1.01. The van der Waals surface area contributed by atoms with Crippen LogP contribution in [0.3, 0.4) is 0 Å². The van der Waals surface area contributed by atoms with Crippen LogP contribution in [0.25, 0.3) is 0 Å². The third-order valence-electron chi connectivity index (χ3n) is 3.81. The van der Waals surface area contributed by atoms with Crippen LogP contribution in [0.1, 0.15) is 25.8 Å². The smallest absolute Gasteiger partial charge is 0.133 e. The Morgan fingerprint density at radius 3 is 2.90 bits per heavy atom. The normalized spacial score (nSPS) is 22.5. The van der Waals surface area contributed by atoms with Crippen LogP contribution in [0.2, 0.25) is 0 Å².